The van der Waals surface area contributed by atoms with Crippen molar-refractivity contribution in [3.63, 3.8) is 0 Å². The quantitative estimate of drug-likeness (QED) is 0.239. The third kappa shape index (κ3) is 4.76. The molecule has 0 fully saturated rings. The zero-order valence-electron chi connectivity index (χ0n) is 20.9. The van der Waals surface area contributed by atoms with Gasteiger partial charge < -0.3 is 0 Å². The van der Waals surface area contributed by atoms with Crippen molar-refractivity contribution in [3.8, 4) is 61.7 Å². The van der Waals surface area contributed by atoms with Crippen LogP contribution in [-0.4, -0.2) is 0 Å². The van der Waals surface area contributed by atoms with E-state index in [1.807, 2.05) is 36.4 Å². The van der Waals surface area contributed by atoms with Crippen molar-refractivity contribution in [1.29, 1.82) is 5.26 Å². The summed E-state index contributed by atoms with van der Waals surface area (Å²) in [4.78, 5) is 0. The first-order valence-electron chi connectivity index (χ1n) is 12.7. The van der Waals surface area contributed by atoms with Gasteiger partial charge in [-0.25, -0.2) is 0 Å². The van der Waals surface area contributed by atoms with Crippen molar-refractivity contribution in [3.05, 3.63) is 157 Å². The van der Waals surface area contributed by atoms with Gasteiger partial charge in [-0.15, -0.1) is 0 Å². The van der Waals surface area contributed by atoms with Gasteiger partial charge in [-0.3, -0.25) is 0 Å². The Labute approximate surface area is 223 Å². The molecule has 0 heterocycles. The Balaban J connectivity index is 1.32. The standard InChI is InChI=1S/C37H25N/c38-26-36-23-22-35(25-37(36)32-20-18-30(19-21-32)28-10-5-2-6-11-28)34-13-7-12-33(24-34)31-16-14-29(15-17-31)27-8-3-1-4-9-27/h1-25H. The molecule has 0 spiro atoms. The van der Waals surface area contributed by atoms with Crippen LogP contribution in [-0.2, 0) is 0 Å². The maximum absolute atomic E-state index is 9.82. The van der Waals surface area contributed by atoms with Gasteiger partial charge in [0.1, 0.15) is 0 Å². The number of hydrogen-bond donors (Lipinski definition) is 0. The lowest BCUT2D eigenvalue weighted by Gasteiger charge is -2.11. The van der Waals surface area contributed by atoms with Gasteiger partial charge in [0.2, 0.25) is 0 Å². The predicted octanol–water partition coefficient (Wildman–Crippen LogP) is 9.89. The molecule has 38 heavy (non-hydrogen) atoms. The fraction of sp³-hybridized carbons (Fsp3) is 0. The van der Waals surface area contributed by atoms with E-state index in [0.717, 1.165) is 27.8 Å². The van der Waals surface area contributed by atoms with Gasteiger partial charge in [-0.05, 0) is 68.3 Å². The van der Waals surface area contributed by atoms with E-state index in [9.17, 15) is 5.26 Å². The molecule has 0 aliphatic rings. The van der Waals surface area contributed by atoms with Crippen molar-refractivity contribution in [2.75, 3.05) is 0 Å². The van der Waals surface area contributed by atoms with E-state index in [1.165, 1.54) is 27.8 Å². The van der Waals surface area contributed by atoms with Gasteiger partial charge in [-0.2, -0.15) is 5.26 Å². The van der Waals surface area contributed by atoms with Crippen LogP contribution in [0.15, 0.2) is 152 Å². The van der Waals surface area contributed by atoms with Crippen molar-refractivity contribution in [2.45, 2.75) is 0 Å². The maximum Gasteiger partial charge on any atom is 0.0998 e. The number of benzene rings is 6. The Bertz CT molecular complexity index is 1720. The minimum absolute atomic E-state index is 0.675. The summed E-state index contributed by atoms with van der Waals surface area (Å²) in [5, 5.41) is 9.82. The summed E-state index contributed by atoms with van der Waals surface area (Å²) in [7, 11) is 0. The molecule has 0 aliphatic heterocycles. The molecule has 0 aliphatic carbocycles. The highest BCUT2D eigenvalue weighted by Gasteiger charge is 2.10. The summed E-state index contributed by atoms with van der Waals surface area (Å²) >= 11 is 0. The number of hydrogen-bond acceptors (Lipinski definition) is 1. The molecule has 178 valence electrons. The topological polar surface area (TPSA) is 23.8 Å². The van der Waals surface area contributed by atoms with Gasteiger partial charge in [-0.1, -0.05) is 133 Å². The summed E-state index contributed by atoms with van der Waals surface area (Å²) in [5.41, 5.74) is 12.0. The summed E-state index contributed by atoms with van der Waals surface area (Å²) in [5.74, 6) is 0. The zero-order valence-corrected chi connectivity index (χ0v) is 20.9. The van der Waals surface area contributed by atoms with Gasteiger partial charge in [0.05, 0.1) is 11.6 Å². The van der Waals surface area contributed by atoms with Crippen LogP contribution in [0.5, 0.6) is 0 Å². The molecule has 6 rings (SSSR count). The highest BCUT2D eigenvalue weighted by Crippen LogP contribution is 2.33. The predicted molar refractivity (Wildman–Crippen MR) is 158 cm³/mol. The van der Waals surface area contributed by atoms with Gasteiger partial charge >= 0.3 is 0 Å². The normalized spacial score (nSPS) is 10.6. The van der Waals surface area contributed by atoms with Crippen LogP contribution in [0, 0.1) is 11.3 Å². The van der Waals surface area contributed by atoms with Crippen molar-refractivity contribution in [1.82, 2.24) is 0 Å². The van der Waals surface area contributed by atoms with E-state index >= 15 is 0 Å². The first-order valence-corrected chi connectivity index (χ1v) is 12.7. The number of rotatable bonds is 5. The van der Waals surface area contributed by atoms with Gasteiger partial charge in [0.25, 0.3) is 0 Å². The molecule has 1 heteroatoms. The molecule has 0 radical (unpaired) electrons. The Kier molecular flexibility index (Phi) is 6.37. The van der Waals surface area contributed by atoms with E-state index < -0.39 is 0 Å². The Morgan fingerprint density at radius 3 is 1.21 bits per heavy atom. The van der Waals surface area contributed by atoms with E-state index in [0.29, 0.717) is 5.56 Å². The Hall–Kier alpha value is -5.19. The highest BCUT2D eigenvalue weighted by atomic mass is 14.2. The fourth-order valence-corrected chi connectivity index (χ4v) is 4.90. The highest BCUT2D eigenvalue weighted by molar-refractivity contribution is 5.81. The summed E-state index contributed by atoms with van der Waals surface area (Å²) < 4.78 is 0. The number of nitriles is 1. The van der Waals surface area contributed by atoms with E-state index in [2.05, 4.69) is 121 Å². The monoisotopic (exact) mass is 483 g/mol. The van der Waals surface area contributed by atoms with Crippen LogP contribution in [0.1, 0.15) is 5.56 Å². The van der Waals surface area contributed by atoms with Gasteiger partial charge in [0, 0.05) is 5.56 Å². The molecule has 0 unspecified atom stereocenters. The first kappa shape index (κ1) is 23.2. The molecular formula is C37H25N. The lowest BCUT2D eigenvalue weighted by Crippen LogP contribution is -1.88. The van der Waals surface area contributed by atoms with Crippen LogP contribution >= 0.6 is 0 Å². The molecule has 0 atom stereocenters. The molecule has 0 aromatic heterocycles. The lowest BCUT2D eigenvalue weighted by atomic mass is 9.92. The minimum atomic E-state index is 0.675. The van der Waals surface area contributed by atoms with Crippen LogP contribution in [0.3, 0.4) is 0 Å². The minimum Gasteiger partial charge on any atom is -0.192 e. The average Bonchev–Trinajstić information content (AvgIpc) is 3.02. The lowest BCUT2D eigenvalue weighted by molar-refractivity contribution is 1.47. The smallest absolute Gasteiger partial charge is 0.0998 e. The van der Waals surface area contributed by atoms with Crippen molar-refractivity contribution < 1.29 is 0 Å². The maximum atomic E-state index is 9.82. The van der Waals surface area contributed by atoms with E-state index in [-0.39, 0.29) is 0 Å². The molecule has 0 N–H and O–H groups in total. The van der Waals surface area contributed by atoms with Crippen LogP contribution < -0.4 is 0 Å². The molecular weight excluding hydrogens is 458 g/mol. The molecule has 6 aromatic carbocycles. The van der Waals surface area contributed by atoms with Crippen LogP contribution in [0.25, 0.3) is 55.6 Å². The summed E-state index contributed by atoms with van der Waals surface area (Å²) in [6.45, 7) is 0. The number of nitrogens with zero attached hydrogens (tertiary/aromatic N) is 1. The van der Waals surface area contributed by atoms with Crippen LogP contribution in [0.4, 0.5) is 0 Å². The SMILES string of the molecule is N#Cc1ccc(-c2cccc(-c3ccc(-c4ccccc4)cc3)c2)cc1-c1ccc(-c2ccccc2)cc1. The molecule has 1 nitrogen and oxygen atoms in total. The van der Waals surface area contributed by atoms with Crippen LogP contribution in [0.2, 0.25) is 0 Å². The fourth-order valence-electron chi connectivity index (χ4n) is 4.90. The first-order chi connectivity index (χ1) is 18.8. The third-order valence-electron chi connectivity index (χ3n) is 6.96. The zero-order chi connectivity index (χ0) is 25.7. The molecule has 0 saturated carbocycles. The molecule has 6 aromatic rings. The Morgan fingerprint density at radius 2 is 0.684 bits per heavy atom. The molecule has 0 saturated heterocycles. The largest absolute Gasteiger partial charge is 0.192 e. The second kappa shape index (κ2) is 10.4. The molecule has 0 bridgehead atoms. The van der Waals surface area contributed by atoms with E-state index in [4.69, 9.17) is 0 Å². The third-order valence-corrected chi connectivity index (χ3v) is 6.96. The second-order valence-electron chi connectivity index (χ2n) is 9.34. The molecule has 0 amide bonds. The summed E-state index contributed by atoms with van der Waals surface area (Å²) in [6, 6.07) is 55.0. The van der Waals surface area contributed by atoms with Crippen molar-refractivity contribution in [2.24, 2.45) is 0 Å². The second-order valence-corrected chi connectivity index (χ2v) is 9.34. The average molecular weight is 484 g/mol. The van der Waals surface area contributed by atoms with Gasteiger partial charge in [0.15, 0.2) is 0 Å². The van der Waals surface area contributed by atoms with Crippen molar-refractivity contribution >= 4 is 0 Å². The summed E-state index contributed by atoms with van der Waals surface area (Å²) in [6.07, 6.45) is 0. The van der Waals surface area contributed by atoms with E-state index in [1.54, 1.807) is 0 Å². The Morgan fingerprint density at radius 1 is 0.316 bits per heavy atom.